The lowest BCUT2D eigenvalue weighted by Gasteiger charge is -2.32. The third-order valence-electron chi connectivity index (χ3n) is 6.83. The fourth-order valence-corrected chi connectivity index (χ4v) is 6.69. The van der Waals surface area contributed by atoms with E-state index >= 15 is 0 Å². The molecular weight excluding hydrogens is 494 g/mol. The number of carbonyl (C=O) groups is 1. The predicted molar refractivity (Wildman–Crippen MR) is 160 cm³/mol. The molecule has 1 fully saturated rings. The van der Waals surface area contributed by atoms with Gasteiger partial charge in [0, 0.05) is 23.2 Å². The Labute approximate surface area is 231 Å². The van der Waals surface area contributed by atoms with Gasteiger partial charge in [0.15, 0.2) is 0 Å². The molecular formula is C31H39N3OS2. The maximum atomic E-state index is 14.0. The number of hydrogen-bond acceptors (Lipinski definition) is 4. The molecule has 0 radical (unpaired) electrons. The molecule has 0 spiro atoms. The van der Waals surface area contributed by atoms with E-state index in [9.17, 15) is 4.79 Å². The maximum Gasteiger partial charge on any atom is 0.322 e. The second-order valence-corrected chi connectivity index (χ2v) is 12.1. The molecule has 1 aliphatic carbocycles. The van der Waals surface area contributed by atoms with Crippen molar-refractivity contribution in [3.05, 3.63) is 71.9 Å². The van der Waals surface area contributed by atoms with E-state index in [2.05, 4.69) is 78.7 Å². The van der Waals surface area contributed by atoms with Crippen LogP contribution in [0.25, 0.3) is 11.1 Å². The average Bonchev–Trinajstić information content (AvgIpc) is 3.20. The Bertz CT molecular complexity index is 1120. The molecule has 0 aliphatic heterocycles. The maximum absolute atomic E-state index is 14.0. The Morgan fingerprint density at radius 3 is 2.22 bits per heavy atom. The number of benzene rings is 2. The van der Waals surface area contributed by atoms with E-state index in [1.807, 2.05) is 13.0 Å². The lowest BCUT2D eigenvalue weighted by atomic mass is 10.0. The molecule has 1 N–H and O–H groups in total. The van der Waals surface area contributed by atoms with E-state index in [1.54, 1.807) is 23.5 Å². The summed E-state index contributed by atoms with van der Waals surface area (Å²) >= 11 is 3.46. The van der Waals surface area contributed by atoms with Gasteiger partial charge in [0.2, 0.25) is 0 Å². The van der Waals surface area contributed by atoms with Crippen LogP contribution in [0, 0.1) is 6.92 Å². The van der Waals surface area contributed by atoms with Gasteiger partial charge in [-0.1, -0.05) is 94.1 Å². The lowest BCUT2D eigenvalue weighted by Crippen LogP contribution is -2.42. The number of nitrogens with zero attached hydrogens (tertiary/aromatic N) is 2. The van der Waals surface area contributed by atoms with Crippen molar-refractivity contribution in [2.45, 2.75) is 81.8 Å². The monoisotopic (exact) mass is 533 g/mol. The zero-order chi connectivity index (χ0) is 26.0. The molecule has 1 heterocycles. The van der Waals surface area contributed by atoms with Gasteiger partial charge in [-0.15, -0.1) is 23.5 Å². The topological polar surface area (TPSA) is 45.2 Å². The number of rotatable bonds is 9. The number of aromatic nitrogens is 1. The number of nitrogens with one attached hydrogen (secondary N) is 1. The first-order valence-electron chi connectivity index (χ1n) is 13.6. The Morgan fingerprint density at radius 1 is 0.919 bits per heavy atom. The summed E-state index contributed by atoms with van der Waals surface area (Å²) in [6, 6.07) is 21.5. The first kappa shape index (κ1) is 27.6. The number of pyridine rings is 1. The van der Waals surface area contributed by atoms with Gasteiger partial charge in [0.25, 0.3) is 0 Å². The van der Waals surface area contributed by atoms with Gasteiger partial charge in [-0.05, 0) is 54.0 Å². The van der Waals surface area contributed by atoms with Gasteiger partial charge in [-0.25, -0.2) is 9.78 Å². The van der Waals surface area contributed by atoms with Crippen LogP contribution in [0.15, 0.2) is 70.6 Å². The minimum absolute atomic E-state index is 0.0133. The van der Waals surface area contributed by atoms with E-state index in [1.165, 1.54) is 36.8 Å². The normalized spacial score (nSPS) is 14.2. The third kappa shape index (κ3) is 7.55. The highest BCUT2D eigenvalue weighted by molar-refractivity contribution is 8.00. The minimum Gasteiger partial charge on any atom is -0.317 e. The summed E-state index contributed by atoms with van der Waals surface area (Å²) in [6.45, 7) is 6.92. The molecule has 37 heavy (non-hydrogen) atoms. The van der Waals surface area contributed by atoms with E-state index in [0.717, 1.165) is 51.2 Å². The third-order valence-corrected chi connectivity index (χ3v) is 8.61. The van der Waals surface area contributed by atoms with Gasteiger partial charge >= 0.3 is 6.03 Å². The summed E-state index contributed by atoms with van der Waals surface area (Å²) in [5, 5.41) is 4.25. The van der Waals surface area contributed by atoms with Crippen molar-refractivity contribution < 1.29 is 4.79 Å². The van der Waals surface area contributed by atoms with E-state index in [4.69, 9.17) is 4.98 Å². The molecule has 4 nitrogen and oxygen atoms in total. The summed E-state index contributed by atoms with van der Waals surface area (Å²) in [5.41, 5.74) is 5.42. The smallest absolute Gasteiger partial charge is 0.317 e. The standard InChI is InChI=1S/C31H39N3OS2/c1-4-36-28-21-23(3)32-30(37-5-2)29(28)33-31(35)34(27-15-11-6-7-12-16-27)22-24-17-19-26(20-18-24)25-13-9-8-10-14-25/h8-10,13-14,17-21,27H,4-7,11-12,15-16,22H2,1-3H3,(H,33,35). The van der Waals surface area contributed by atoms with Crippen molar-refractivity contribution in [1.82, 2.24) is 9.88 Å². The van der Waals surface area contributed by atoms with Crippen molar-refractivity contribution in [1.29, 1.82) is 0 Å². The van der Waals surface area contributed by atoms with Gasteiger partial charge < -0.3 is 10.2 Å². The molecule has 196 valence electrons. The fourth-order valence-electron chi connectivity index (χ4n) is 4.99. The quantitative estimate of drug-likeness (QED) is 0.220. The summed E-state index contributed by atoms with van der Waals surface area (Å²) in [5.74, 6) is 1.86. The molecule has 1 aliphatic rings. The Balaban J connectivity index is 1.61. The molecule has 1 saturated carbocycles. The van der Waals surface area contributed by atoms with E-state index < -0.39 is 0 Å². The molecule has 0 atom stereocenters. The molecule has 2 amide bonds. The second kappa shape index (κ2) is 13.9. The van der Waals surface area contributed by atoms with Crippen LogP contribution >= 0.6 is 23.5 Å². The van der Waals surface area contributed by atoms with Gasteiger partial charge in [-0.3, -0.25) is 0 Å². The highest BCUT2D eigenvalue weighted by Crippen LogP contribution is 2.36. The highest BCUT2D eigenvalue weighted by atomic mass is 32.2. The number of amides is 2. The van der Waals surface area contributed by atoms with Crippen LogP contribution < -0.4 is 5.32 Å². The summed E-state index contributed by atoms with van der Waals surface area (Å²) in [4.78, 5) is 22.0. The van der Waals surface area contributed by atoms with Crippen LogP contribution in [0.3, 0.4) is 0 Å². The molecule has 0 unspecified atom stereocenters. The Kier molecular flexibility index (Phi) is 10.4. The van der Waals surface area contributed by atoms with E-state index in [0.29, 0.717) is 6.54 Å². The molecule has 1 aromatic heterocycles. The second-order valence-electron chi connectivity index (χ2n) is 9.57. The Hall–Kier alpha value is -2.44. The molecule has 0 saturated heterocycles. The largest absolute Gasteiger partial charge is 0.322 e. The van der Waals surface area contributed by atoms with Gasteiger partial charge in [0.05, 0.1) is 5.69 Å². The van der Waals surface area contributed by atoms with Crippen molar-refractivity contribution in [2.75, 3.05) is 16.8 Å². The predicted octanol–water partition coefficient (Wildman–Crippen LogP) is 9.04. The van der Waals surface area contributed by atoms with Crippen molar-refractivity contribution in [2.24, 2.45) is 0 Å². The van der Waals surface area contributed by atoms with Crippen molar-refractivity contribution in [3.63, 3.8) is 0 Å². The number of anilines is 1. The summed E-state index contributed by atoms with van der Waals surface area (Å²) < 4.78 is 0. The van der Waals surface area contributed by atoms with Crippen molar-refractivity contribution in [3.8, 4) is 11.1 Å². The lowest BCUT2D eigenvalue weighted by molar-refractivity contribution is 0.175. The summed E-state index contributed by atoms with van der Waals surface area (Å²) in [7, 11) is 0. The molecule has 6 heteroatoms. The number of hydrogen-bond donors (Lipinski definition) is 1. The van der Waals surface area contributed by atoms with Gasteiger partial charge in [0.1, 0.15) is 5.03 Å². The first-order valence-corrected chi connectivity index (χ1v) is 15.5. The number of carbonyl (C=O) groups excluding carboxylic acids is 1. The summed E-state index contributed by atoms with van der Waals surface area (Å²) in [6.07, 6.45) is 7.01. The number of thioether (sulfide) groups is 2. The zero-order valence-corrected chi connectivity index (χ0v) is 24.0. The molecule has 3 aromatic rings. The first-order chi connectivity index (χ1) is 18.1. The number of aryl methyl sites for hydroxylation is 1. The van der Waals surface area contributed by atoms with Gasteiger partial charge in [-0.2, -0.15) is 0 Å². The van der Waals surface area contributed by atoms with Crippen LogP contribution in [0.2, 0.25) is 0 Å². The molecule has 2 aromatic carbocycles. The van der Waals surface area contributed by atoms with Crippen molar-refractivity contribution >= 4 is 35.2 Å². The van der Waals surface area contributed by atoms with E-state index in [-0.39, 0.29) is 12.1 Å². The molecule has 4 rings (SSSR count). The number of urea groups is 1. The van der Waals surface area contributed by atoms with Crippen LogP contribution in [0.1, 0.15) is 63.6 Å². The average molecular weight is 534 g/mol. The minimum atomic E-state index is -0.0133. The van der Waals surface area contributed by atoms with Crippen LogP contribution in [0.5, 0.6) is 0 Å². The molecule has 0 bridgehead atoms. The van der Waals surface area contributed by atoms with Crippen LogP contribution in [0.4, 0.5) is 10.5 Å². The SMILES string of the molecule is CCSc1cc(C)nc(SCC)c1NC(=O)N(Cc1ccc(-c2ccccc2)cc1)C1CCCCCC1. The zero-order valence-electron chi connectivity index (χ0n) is 22.3. The van der Waals surface area contributed by atoms with Crippen LogP contribution in [-0.4, -0.2) is 33.5 Å². The highest BCUT2D eigenvalue weighted by Gasteiger charge is 2.27. The fraction of sp³-hybridized carbons (Fsp3) is 0.419. The van der Waals surface area contributed by atoms with Crippen LogP contribution in [-0.2, 0) is 6.54 Å². The Morgan fingerprint density at radius 2 is 1.57 bits per heavy atom.